The largest absolute Gasteiger partial charge is 0.337 e. The van der Waals surface area contributed by atoms with Crippen molar-refractivity contribution in [2.24, 2.45) is 5.92 Å². The minimum atomic E-state index is -0.726. The number of amides is 1. The lowest BCUT2D eigenvalue weighted by Crippen LogP contribution is -2.45. The molecule has 2 heterocycles. The maximum absolute atomic E-state index is 13.1. The SMILES string of the molecule is CCc1cc2c(=O)n(CCC(C)C)c(SCC(=O)NC3(C#N)CCCC3)nc2s1. The molecule has 156 valence electrons. The highest BCUT2D eigenvalue weighted by Crippen LogP contribution is 2.29. The van der Waals surface area contributed by atoms with Gasteiger partial charge in [0.15, 0.2) is 5.16 Å². The second-order valence-corrected chi connectivity index (χ2v) is 10.1. The summed E-state index contributed by atoms with van der Waals surface area (Å²) in [5.74, 6) is 0.434. The first-order valence-electron chi connectivity index (χ1n) is 10.3. The van der Waals surface area contributed by atoms with Crippen molar-refractivity contribution >= 4 is 39.2 Å². The predicted octanol–water partition coefficient (Wildman–Crippen LogP) is 4.11. The molecule has 2 aromatic rings. The van der Waals surface area contributed by atoms with Crippen LogP contribution in [-0.2, 0) is 17.8 Å². The highest BCUT2D eigenvalue weighted by atomic mass is 32.2. The molecule has 1 saturated carbocycles. The van der Waals surface area contributed by atoms with Gasteiger partial charge in [-0.1, -0.05) is 32.5 Å². The molecule has 6 nitrogen and oxygen atoms in total. The summed E-state index contributed by atoms with van der Waals surface area (Å²) >= 11 is 2.82. The third kappa shape index (κ3) is 5.01. The minimum Gasteiger partial charge on any atom is -0.337 e. The number of nitriles is 1. The molecule has 3 rings (SSSR count). The highest BCUT2D eigenvalue weighted by Gasteiger charge is 2.35. The van der Waals surface area contributed by atoms with Crippen LogP contribution in [-0.4, -0.2) is 26.8 Å². The van der Waals surface area contributed by atoms with Gasteiger partial charge in [0.25, 0.3) is 5.56 Å². The number of thiophene rings is 1. The lowest BCUT2D eigenvalue weighted by molar-refractivity contribution is -0.119. The molecule has 0 atom stereocenters. The van der Waals surface area contributed by atoms with Gasteiger partial charge < -0.3 is 5.32 Å². The van der Waals surface area contributed by atoms with Gasteiger partial charge in [-0.3, -0.25) is 14.2 Å². The smallest absolute Gasteiger partial charge is 0.262 e. The van der Waals surface area contributed by atoms with E-state index < -0.39 is 5.54 Å². The number of carbonyl (C=O) groups is 1. The summed E-state index contributed by atoms with van der Waals surface area (Å²) in [6.45, 7) is 6.90. The number of carbonyl (C=O) groups excluding carboxylic acids is 1. The van der Waals surface area contributed by atoms with E-state index in [9.17, 15) is 14.9 Å². The number of fused-ring (bicyclic) bond motifs is 1. The average molecular weight is 433 g/mol. The summed E-state index contributed by atoms with van der Waals surface area (Å²) in [7, 11) is 0. The molecule has 0 saturated heterocycles. The molecule has 8 heteroatoms. The number of rotatable bonds is 8. The van der Waals surface area contributed by atoms with Gasteiger partial charge >= 0.3 is 0 Å². The Morgan fingerprint density at radius 2 is 2.17 bits per heavy atom. The van der Waals surface area contributed by atoms with E-state index in [0.717, 1.165) is 35.4 Å². The summed E-state index contributed by atoms with van der Waals surface area (Å²) in [5.41, 5.74) is -0.755. The predicted molar refractivity (Wildman–Crippen MR) is 118 cm³/mol. The molecule has 2 aromatic heterocycles. The molecule has 0 spiro atoms. The van der Waals surface area contributed by atoms with E-state index in [1.165, 1.54) is 11.8 Å². The Morgan fingerprint density at radius 3 is 2.79 bits per heavy atom. The molecule has 0 radical (unpaired) electrons. The monoisotopic (exact) mass is 432 g/mol. The van der Waals surface area contributed by atoms with Crippen molar-refractivity contribution in [1.29, 1.82) is 5.26 Å². The Hall–Kier alpha value is -1.85. The van der Waals surface area contributed by atoms with Crippen LogP contribution >= 0.6 is 23.1 Å². The summed E-state index contributed by atoms with van der Waals surface area (Å²) in [6, 6.07) is 4.23. The summed E-state index contributed by atoms with van der Waals surface area (Å²) in [4.78, 5) is 32.2. The summed E-state index contributed by atoms with van der Waals surface area (Å²) in [6.07, 6.45) is 5.08. The minimum absolute atomic E-state index is 0.0289. The Kier molecular flexibility index (Phi) is 7.01. The third-order valence-electron chi connectivity index (χ3n) is 5.33. The van der Waals surface area contributed by atoms with Gasteiger partial charge in [-0.05, 0) is 50.5 Å². The van der Waals surface area contributed by atoms with Crippen LogP contribution in [0.5, 0.6) is 0 Å². The molecule has 1 aliphatic rings. The molecule has 1 aliphatic carbocycles. The Bertz CT molecular complexity index is 981. The van der Waals surface area contributed by atoms with Crippen molar-refractivity contribution in [2.45, 2.75) is 76.5 Å². The van der Waals surface area contributed by atoms with Gasteiger partial charge in [-0.25, -0.2) is 4.98 Å². The molecule has 0 bridgehead atoms. The van der Waals surface area contributed by atoms with E-state index >= 15 is 0 Å². The van der Waals surface area contributed by atoms with E-state index in [1.807, 2.05) is 6.07 Å². The molecule has 0 aliphatic heterocycles. The van der Waals surface area contributed by atoms with Crippen molar-refractivity contribution in [1.82, 2.24) is 14.9 Å². The van der Waals surface area contributed by atoms with Gasteiger partial charge in [0.2, 0.25) is 5.91 Å². The molecule has 0 unspecified atom stereocenters. The standard InChI is InChI=1S/C21H28N4O2S2/c1-4-15-11-16-18(29-15)23-20(25(19(16)27)10-7-14(2)3)28-12-17(26)24-21(13-22)8-5-6-9-21/h11,14H,4-10,12H2,1-3H3,(H,24,26). The van der Waals surface area contributed by atoms with Crippen LogP contribution in [0.4, 0.5) is 0 Å². The topological polar surface area (TPSA) is 87.8 Å². The van der Waals surface area contributed by atoms with Crippen LogP contribution in [0.2, 0.25) is 0 Å². The highest BCUT2D eigenvalue weighted by molar-refractivity contribution is 7.99. The van der Waals surface area contributed by atoms with Crippen molar-refractivity contribution in [3.63, 3.8) is 0 Å². The van der Waals surface area contributed by atoms with Crippen LogP contribution in [0.3, 0.4) is 0 Å². The van der Waals surface area contributed by atoms with Crippen molar-refractivity contribution in [3.05, 3.63) is 21.3 Å². The van der Waals surface area contributed by atoms with Crippen molar-refractivity contribution in [3.8, 4) is 6.07 Å². The number of aromatic nitrogens is 2. The Labute approximate surface area is 179 Å². The fourth-order valence-electron chi connectivity index (χ4n) is 3.59. The lowest BCUT2D eigenvalue weighted by atomic mass is 10.0. The summed E-state index contributed by atoms with van der Waals surface area (Å²) < 4.78 is 1.71. The molecule has 29 heavy (non-hydrogen) atoms. The number of aryl methyl sites for hydroxylation is 1. The van der Waals surface area contributed by atoms with Crippen LogP contribution in [0.25, 0.3) is 10.2 Å². The first-order valence-corrected chi connectivity index (χ1v) is 12.1. The van der Waals surface area contributed by atoms with Gasteiger partial charge in [-0.15, -0.1) is 11.3 Å². The van der Waals surface area contributed by atoms with E-state index in [-0.39, 0.29) is 17.2 Å². The van der Waals surface area contributed by atoms with Crippen LogP contribution < -0.4 is 10.9 Å². The van der Waals surface area contributed by atoms with E-state index in [4.69, 9.17) is 4.98 Å². The molecule has 1 amide bonds. The van der Waals surface area contributed by atoms with Gasteiger partial charge in [0, 0.05) is 11.4 Å². The normalized spacial score (nSPS) is 15.7. The zero-order chi connectivity index (χ0) is 21.0. The van der Waals surface area contributed by atoms with Crippen LogP contribution in [0, 0.1) is 17.2 Å². The quantitative estimate of drug-likeness (QED) is 0.501. The Morgan fingerprint density at radius 1 is 1.45 bits per heavy atom. The van der Waals surface area contributed by atoms with E-state index in [2.05, 4.69) is 32.2 Å². The molecule has 0 aromatic carbocycles. The Balaban J connectivity index is 1.82. The lowest BCUT2D eigenvalue weighted by Gasteiger charge is -2.22. The van der Waals surface area contributed by atoms with E-state index in [1.54, 1.807) is 15.9 Å². The number of nitrogens with zero attached hydrogens (tertiary/aromatic N) is 3. The first kappa shape index (κ1) is 21.8. The number of nitrogens with one attached hydrogen (secondary N) is 1. The molecule has 1 fully saturated rings. The first-order chi connectivity index (χ1) is 13.9. The zero-order valence-corrected chi connectivity index (χ0v) is 18.9. The third-order valence-corrected chi connectivity index (χ3v) is 7.48. The number of hydrogen-bond donors (Lipinski definition) is 1. The van der Waals surface area contributed by atoms with E-state index in [0.29, 0.717) is 35.8 Å². The molecular formula is C21H28N4O2S2. The van der Waals surface area contributed by atoms with Crippen molar-refractivity contribution in [2.75, 3.05) is 5.75 Å². The molecular weight excluding hydrogens is 404 g/mol. The van der Waals surface area contributed by atoms with Crippen LogP contribution in [0.15, 0.2) is 16.0 Å². The zero-order valence-electron chi connectivity index (χ0n) is 17.3. The fraction of sp³-hybridized carbons (Fsp3) is 0.619. The number of hydrogen-bond acceptors (Lipinski definition) is 6. The van der Waals surface area contributed by atoms with Gasteiger partial charge in [0.05, 0.1) is 17.2 Å². The second-order valence-electron chi connectivity index (χ2n) is 8.06. The summed E-state index contributed by atoms with van der Waals surface area (Å²) in [5, 5.41) is 13.6. The maximum atomic E-state index is 13.1. The van der Waals surface area contributed by atoms with Gasteiger partial charge in [-0.2, -0.15) is 5.26 Å². The second kappa shape index (κ2) is 9.31. The molecule has 1 N–H and O–H groups in total. The fourth-order valence-corrected chi connectivity index (χ4v) is 5.43. The van der Waals surface area contributed by atoms with Crippen molar-refractivity contribution < 1.29 is 4.79 Å². The van der Waals surface area contributed by atoms with Gasteiger partial charge in [0.1, 0.15) is 10.4 Å². The van der Waals surface area contributed by atoms with Crippen LogP contribution in [0.1, 0.15) is 57.8 Å². The number of thioether (sulfide) groups is 1. The maximum Gasteiger partial charge on any atom is 0.262 e. The average Bonchev–Trinajstić information content (AvgIpc) is 3.33.